The zero-order chi connectivity index (χ0) is 15.8. The predicted octanol–water partition coefficient (Wildman–Crippen LogP) is 1.85. The lowest BCUT2D eigenvalue weighted by molar-refractivity contribution is -0.133. The third-order valence-corrected chi connectivity index (χ3v) is 3.69. The van der Waals surface area contributed by atoms with Crippen molar-refractivity contribution >= 4 is 5.91 Å². The van der Waals surface area contributed by atoms with E-state index in [4.69, 9.17) is 10.2 Å². The summed E-state index contributed by atoms with van der Waals surface area (Å²) in [4.78, 5) is 16.5. The van der Waals surface area contributed by atoms with Crippen LogP contribution in [0.25, 0.3) is 0 Å². The van der Waals surface area contributed by atoms with Crippen LogP contribution in [0.15, 0.2) is 16.5 Å². The van der Waals surface area contributed by atoms with Crippen LogP contribution in [0.2, 0.25) is 0 Å². The number of rotatable bonds is 9. The molecule has 5 heteroatoms. The van der Waals surface area contributed by atoms with E-state index in [9.17, 15) is 4.79 Å². The maximum absolute atomic E-state index is 12.5. The van der Waals surface area contributed by atoms with E-state index in [0.717, 1.165) is 24.5 Å². The monoisotopic (exact) mass is 295 g/mol. The number of aryl methyl sites for hydroxylation is 1. The SMILES string of the molecule is CCC(CN)CC(=O)N(CCN(C)C)Cc1ccc(C)o1. The Morgan fingerprint density at radius 3 is 2.52 bits per heavy atom. The molecule has 21 heavy (non-hydrogen) atoms. The Bertz CT molecular complexity index is 425. The van der Waals surface area contributed by atoms with Gasteiger partial charge in [0.25, 0.3) is 0 Å². The molecule has 0 saturated carbocycles. The number of nitrogens with zero attached hydrogens (tertiary/aromatic N) is 2. The second-order valence-electron chi connectivity index (χ2n) is 5.85. The van der Waals surface area contributed by atoms with Crippen LogP contribution in [-0.4, -0.2) is 49.4 Å². The molecule has 5 nitrogen and oxygen atoms in total. The second-order valence-corrected chi connectivity index (χ2v) is 5.85. The fraction of sp³-hybridized carbons (Fsp3) is 0.688. The van der Waals surface area contributed by atoms with Gasteiger partial charge in [-0.3, -0.25) is 4.79 Å². The average Bonchev–Trinajstić information content (AvgIpc) is 2.85. The lowest BCUT2D eigenvalue weighted by atomic mass is 10.0. The number of likely N-dealkylation sites (N-methyl/N-ethyl adjacent to an activating group) is 1. The van der Waals surface area contributed by atoms with Gasteiger partial charge in [0, 0.05) is 19.5 Å². The molecule has 1 heterocycles. The normalized spacial score (nSPS) is 12.7. The van der Waals surface area contributed by atoms with Crippen molar-refractivity contribution < 1.29 is 9.21 Å². The molecular formula is C16H29N3O2. The molecule has 0 aliphatic heterocycles. The first-order valence-corrected chi connectivity index (χ1v) is 7.64. The summed E-state index contributed by atoms with van der Waals surface area (Å²) in [7, 11) is 4.02. The molecule has 0 aliphatic carbocycles. The van der Waals surface area contributed by atoms with Gasteiger partial charge in [-0.05, 0) is 45.6 Å². The van der Waals surface area contributed by atoms with E-state index in [-0.39, 0.29) is 11.8 Å². The van der Waals surface area contributed by atoms with Gasteiger partial charge in [0.1, 0.15) is 11.5 Å². The molecule has 0 radical (unpaired) electrons. The van der Waals surface area contributed by atoms with Gasteiger partial charge in [-0.15, -0.1) is 0 Å². The van der Waals surface area contributed by atoms with Gasteiger partial charge in [-0.25, -0.2) is 0 Å². The molecular weight excluding hydrogens is 266 g/mol. The molecule has 1 atom stereocenters. The van der Waals surface area contributed by atoms with Gasteiger partial charge in [0.05, 0.1) is 6.54 Å². The minimum absolute atomic E-state index is 0.156. The van der Waals surface area contributed by atoms with Gasteiger partial charge in [0.15, 0.2) is 0 Å². The minimum atomic E-state index is 0.156. The van der Waals surface area contributed by atoms with E-state index < -0.39 is 0 Å². The van der Waals surface area contributed by atoms with E-state index >= 15 is 0 Å². The zero-order valence-corrected chi connectivity index (χ0v) is 13.8. The van der Waals surface area contributed by atoms with E-state index in [2.05, 4.69) is 11.8 Å². The highest BCUT2D eigenvalue weighted by molar-refractivity contribution is 5.76. The lowest BCUT2D eigenvalue weighted by Crippen LogP contribution is -2.37. The van der Waals surface area contributed by atoms with Crippen molar-refractivity contribution in [3.05, 3.63) is 23.7 Å². The highest BCUT2D eigenvalue weighted by Crippen LogP contribution is 2.14. The van der Waals surface area contributed by atoms with Gasteiger partial charge >= 0.3 is 0 Å². The van der Waals surface area contributed by atoms with Crippen LogP contribution in [0.4, 0.5) is 0 Å². The molecule has 1 rings (SSSR count). The summed E-state index contributed by atoms with van der Waals surface area (Å²) in [6, 6.07) is 3.87. The maximum atomic E-state index is 12.5. The standard InChI is InChI=1S/C16H29N3O2/c1-5-14(11-17)10-16(20)19(9-8-18(3)4)12-15-7-6-13(2)21-15/h6-7,14H,5,8-12,17H2,1-4H3. The average molecular weight is 295 g/mol. The number of hydrogen-bond donors (Lipinski definition) is 1. The van der Waals surface area contributed by atoms with Crippen molar-refractivity contribution in [2.24, 2.45) is 11.7 Å². The molecule has 0 saturated heterocycles. The lowest BCUT2D eigenvalue weighted by Gasteiger charge is -2.25. The van der Waals surface area contributed by atoms with Gasteiger partial charge in [-0.2, -0.15) is 0 Å². The Morgan fingerprint density at radius 2 is 2.05 bits per heavy atom. The number of hydrogen-bond acceptors (Lipinski definition) is 4. The third-order valence-electron chi connectivity index (χ3n) is 3.69. The quantitative estimate of drug-likeness (QED) is 0.755. The number of carbonyl (C=O) groups excluding carboxylic acids is 1. The second kappa shape index (κ2) is 8.85. The first-order valence-electron chi connectivity index (χ1n) is 7.64. The van der Waals surface area contributed by atoms with E-state index in [0.29, 0.717) is 26.1 Å². The van der Waals surface area contributed by atoms with Gasteiger partial charge in [0.2, 0.25) is 5.91 Å². The molecule has 120 valence electrons. The van der Waals surface area contributed by atoms with Crippen molar-refractivity contribution in [2.45, 2.75) is 33.2 Å². The third kappa shape index (κ3) is 6.31. The van der Waals surface area contributed by atoms with Crippen LogP contribution in [-0.2, 0) is 11.3 Å². The van der Waals surface area contributed by atoms with E-state index in [1.54, 1.807) is 0 Å². The number of carbonyl (C=O) groups is 1. The Hall–Kier alpha value is -1.33. The summed E-state index contributed by atoms with van der Waals surface area (Å²) in [5, 5.41) is 0. The van der Waals surface area contributed by atoms with Crippen molar-refractivity contribution in [3.63, 3.8) is 0 Å². The highest BCUT2D eigenvalue weighted by Gasteiger charge is 2.19. The summed E-state index contributed by atoms with van der Waals surface area (Å²) in [6.07, 6.45) is 1.45. The van der Waals surface area contributed by atoms with Crippen molar-refractivity contribution in [2.75, 3.05) is 33.7 Å². The molecule has 0 aromatic carbocycles. The Balaban J connectivity index is 2.68. The molecule has 2 N–H and O–H groups in total. The van der Waals surface area contributed by atoms with Gasteiger partial charge < -0.3 is 20.0 Å². The number of furan rings is 1. The molecule has 1 aromatic rings. The fourth-order valence-corrected chi connectivity index (χ4v) is 2.14. The summed E-state index contributed by atoms with van der Waals surface area (Å²) in [5.41, 5.74) is 5.71. The zero-order valence-electron chi connectivity index (χ0n) is 13.8. The Kier molecular flexibility index (Phi) is 7.47. The molecule has 1 unspecified atom stereocenters. The maximum Gasteiger partial charge on any atom is 0.223 e. The Morgan fingerprint density at radius 1 is 1.33 bits per heavy atom. The minimum Gasteiger partial charge on any atom is -0.464 e. The van der Waals surface area contributed by atoms with E-state index in [1.165, 1.54) is 0 Å². The van der Waals surface area contributed by atoms with Crippen LogP contribution >= 0.6 is 0 Å². The number of amides is 1. The molecule has 1 aromatic heterocycles. The fourth-order valence-electron chi connectivity index (χ4n) is 2.14. The molecule has 0 spiro atoms. The summed E-state index contributed by atoms with van der Waals surface area (Å²) in [6.45, 7) is 6.62. The molecule has 0 bridgehead atoms. The smallest absolute Gasteiger partial charge is 0.223 e. The van der Waals surface area contributed by atoms with E-state index in [1.807, 2.05) is 38.1 Å². The Labute approximate surface area is 128 Å². The molecule has 0 aliphatic rings. The van der Waals surface area contributed by atoms with Crippen LogP contribution in [0.1, 0.15) is 31.3 Å². The van der Waals surface area contributed by atoms with Crippen LogP contribution in [0, 0.1) is 12.8 Å². The van der Waals surface area contributed by atoms with Crippen molar-refractivity contribution in [1.82, 2.24) is 9.80 Å². The summed E-state index contributed by atoms with van der Waals surface area (Å²) < 4.78 is 5.60. The van der Waals surface area contributed by atoms with Crippen LogP contribution in [0.3, 0.4) is 0 Å². The van der Waals surface area contributed by atoms with Crippen LogP contribution in [0.5, 0.6) is 0 Å². The predicted molar refractivity (Wildman–Crippen MR) is 84.9 cm³/mol. The first-order chi connectivity index (χ1) is 9.96. The summed E-state index contributed by atoms with van der Waals surface area (Å²) in [5.74, 6) is 2.12. The van der Waals surface area contributed by atoms with Crippen molar-refractivity contribution in [3.8, 4) is 0 Å². The topological polar surface area (TPSA) is 62.7 Å². The first kappa shape index (κ1) is 17.7. The molecule has 0 fully saturated rings. The van der Waals surface area contributed by atoms with Crippen molar-refractivity contribution in [1.29, 1.82) is 0 Å². The summed E-state index contributed by atoms with van der Waals surface area (Å²) >= 11 is 0. The van der Waals surface area contributed by atoms with Gasteiger partial charge in [-0.1, -0.05) is 13.3 Å². The molecule has 1 amide bonds. The largest absolute Gasteiger partial charge is 0.464 e. The highest BCUT2D eigenvalue weighted by atomic mass is 16.3. The number of nitrogens with two attached hydrogens (primary N) is 1. The van der Waals surface area contributed by atoms with Crippen LogP contribution < -0.4 is 5.73 Å².